The van der Waals surface area contributed by atoms with Crippen LogP contribution in [0.15, 0.2) is 34.3 Å². The molecule has 0 saturated heterocycles. The van der Waals surface area contributed by atoms with Crippen molar-refractivity contribution in [3.05, 3.63) is 34.9 Å². The van der Waals surface area contributed by atoms with Gasteiger partial charge in [0, 0.05) is 6.54 Å². The topological polar surface area (TPSA) is 86.7 Å². The van der Waals surface area contributed by atoms with Crippen LogP contribution >= 0.6 is 0 Å². The largest absolute Gasteiger partial charge is 1.00 e. The van der Waals surface area contributed by atoms with Gasteiger partial charge in [-0.2, -0.15) is 0 Å². The van der Waals surface area contributed by atoms with E-state index in [1.54, 1.807) is 12.1 Å². The maximum atomic E-state index is 12.9. The summed E-state index contributed by atoms with van der Waals surface area (Å²) in [4.78, 5) is 27.0. The third-order valence-corrected chi connectivity index (χ3v) is 8.06. The summed E-state index contributed by atoms with van der Waals surface area (Å²) in [6.07, 6.45) is 17.5. The Labute approximate surface area is 248 Å². The van der Waals surface area contributed by atoms with Crippen LogP contribution in [0.2, 0.25) is 0 Å². The molecule has 0 bridgehead atoms. The number of carbonyl (C=O) groups excluding carboxylic acids is 2. The molecule has 6 nitrogen and oxygen atoms in total. The van der Waals surface area contributed by atoms with Crippen LogP contribution in [0.1, 0.15) is 121 Å². The van der Waals surface area contributed by atoms with Crippen molar-refractivity contribution < 1.29 is 53.2 Å². The number of carbonyl (C=O) groups is 2. The third-order valence-electron chi connectivity index (χ3n) is 6.67. The number of fused-ring (bicyclic) bond motifs is 1. The second-order valence-corrected chi connectivity index (χ2v) is 11.0. The molecule has 0 N–H and O–H groups in total. The second kappa shape index (κ2) is 19.9. The number of esters is 1. The van der Waals surface area contributed by atoms with Crippen LogP contribution in [0.4, 0.5) is 5.69 Å². The van der Waals surface area contributed by atoms with Gasteiger partial charge in [-0.3, -0.25) is 4.79 Å². The number of nitrogens with zero attached hydrogens (tertiary/aromatic N) is 1. The van der Waals surface area contributed by atoms with E-state index in [9.17, 15) is 18.9 Å². The third kappa shape index (κ3) is 11.2. The molecule has 202 valence electrons. The van der Waals surface area contributed by atoms with Crippen molar-refractivity contribution in [1.29, 1.82) is 0 Å². The van der Waals surface area contributed by atoms with Gasteiger partial charge in [0.2, 0.25) is 0 Å². The van der Waals surface area contributed by atoms with Gasteiger partial charge in [0.15, 0.2) is 0 Å². The number of anilines is 1. The maximum Gasteiger partial charge on any atom is 1.00 e. The molecule has 1 aliphatic heterocycles. The molecule has 1 aromatic carbocycles. The van der Waals surface area contributed by atoms with Gasteiger partial charge in [0.25, 0.3) is 5.91 Å². The van der Waals surface area contributed by atoms with E-state index >= 15 is 0 Å². The van der Waals surface area contributed by atoms with Crippen LogP contribution in [0, 0.1) is 0 Å². The molecule has 1 aliphatic rings. The van der Waals surface area contributed by atoms with Crippen LogP contribution in [0.5, 0.6) is 0 Å². The predicted octanol–water partition coefficient (Wildman–Crippen LogP) is 3.39. The average Bonchev–Trinajstić information content (AvgIpc) is 2.88. The zero-order valence-electron chi connectivity index (χ0n) is 23.2. The molecule has 1 unspecified atom stereocenters. The van der Waals surface area contributed by atoms with Gasteiger partial charge in [-0.05, 0) is 31.0 Å². The van der Waals surface area contributed by atoms with Crippen molar-refractivity contribution in [1.82, 2.24) is 0 Å². The molecule has 0 radical (unpaired) electrons. The fourth-order valence-electron chi connectivity index (χ4n) is 4.48. The van der Waals surface area contributed by atoms with E-state index in [0.29, 0.717) is 30.0 Å². The molecular formula is C29H44NNaO5S. The molecule has 0 spiro atoms. The van der Waals surface area contributed by atoms with Crippen LogP contribution in [0.3, 0.4) is 0 Å². The maximum absolute atomic E-state index is 12.9. The van der Waals surface area contributed by atoms with Crippen molar-refractivity contribution in [3.8, 4) is 0 Å². The van der Waals surface area contributed by atoms with Crippen LogP contribution in [-0.2, 0) is 20.3 Å². The van der Waals surface area contributed by atoms with Crippen molar-refractivity contribution in [2.75, 3.05) is 18.1 Å². The van der Waals surface area contributed by atoms with E-state index in [2.05, 4.69) is 13.8 Å². The number of benzene rings is 1. The summed E-state index contributed by atoms with van der Waals surface area (Å²) in [5, 5.41) is 11.6. The minimum absolute atomic E-state index is 0. The fourth-order valence-corrected chi connectivity index (χ4v) is 5.68. The minimum Gasteiger partial charge on any atom is -0.877 e. The number of hydrogen-bond donors (Lipinski definition) is 0. The summed E-state index contributed by atoms with van der Waals surface area (Å²) in [7, 11) is -1.91. The summed E-state index contributed by atoms with van der Waals surface area (Å²) in [6.45, 7) is 5.18. The van der Waals surface area contributed by atoms with E-state index in [4.69, 9.17) is 4.74 Å². The molecular weight excluding hydrogens is 497 g/mol. The first-order valence-corrected chi connectivity index (χ1v) is 15.1. The Hall–Kier alpha value is -1.15. The van der Waals surface area contributed by atoms with E-state index in [1.807, 2.05) is 0 Å². The first-order chi connectivity index (χ1) is 17.5. The minimum atomic E-state index is -1.91. The number of unbranched alkanes of at least 4 members (excludes halogenated alkanes) is 13. The zero-order valence-corrected chi connectivity index (χ0v) is 26.0. The van der Waals surface area contributed by atoms with E-state index in [0.717, 1.165) is 44.9 Å². The Balaban J connectivity index is 0.00000684. The molecule has 37 heavy (non-hydrogen) atoms. The second-order valence-electron chi connectivity index (χ2n) is 9.62. The van der Waals surface area contributed by atoms with Crippen molar-refractivity contribution in [2.24, 2.45) is 0 Å². The quantitative estimate of drug-likeness (QED) is 0.0935. The molecule has 1 atom stereocenters. The average molecular weight is 542 g/mol. The van der Waals surface area contributed by atoms with Gasteiger partial charge in [0.05, 0.1) is 38.5 Å². The summed E-state index contributed by atoms with van der Waals surface area (Å²) in [5.74, 6) is -0.981. The predicted molar refractivity (Wildman–Crippen MR) is 144 cm³/mol. The summed E-state index contributed by atoms with van der Waals surface area (Å²) in [5.41, 5.74) is 0.796. The molecule has 1 aromatic rings. The number of amides is 1. The van der Waals surface area contributed by atoms with Crippen molar-refractivity contribution >= 4 is 28.4 Å². The molecule has 0 aromatic heterocycles. The molecule has 1 amide bonds. The Bertz CT molecular complexity index is 889. The summed E-state index contributed by atoms with van der Waals surface area (Å²) >= 11 is 0. The SMILES string of the molecule is CCCCCCCCCCCCN1C(=O)/C(=C\[O-])S(=O)c2cc(C(=O)OCCCCCCC)ccc21.[Na+]. The summed E-state index contributed by atoms with van der Waals surface area (Å²) < 4.78 is 18.3. The Morgan fingerprint density at radius 1 is 0.892 bits per heavy atom. The molecule has 8 heteroatoms. The molecule has 1 heterocycles. The van der Waals surface area contributed by atoms with Gasteiger partial charge < -0.3 is 14.7 Å². The van der Waals surface area contributed by atoms with E-state index < -0.39 is 22.7 Å². The van der Waals surface area contributed by atoms with Crippen molar-refractivity contribution in [3.63, 3.8) is 0 Å². The van der Waals surface area contributed by atoms with Gasteiger partial charge >= 0.3 is 35.5 Å². The molecule has 0 aliphatic carbocycles. The first-order valence-electron chi connectivity index (χ1n) is 13.9. The Morgan fingerprint density at radius 3 is 2.00 bits per heavy atom. The van der Waals surface area contributed by atoms with Gasteiger partial charge in [-0.25, -0.2) is 9.00 Å². The Morgan fingerprint density at radius 2 is 1.43 bits per heavy atom. The summed E-state index contributed by atoms with van der Waals surface area (Å²) in [6, 6.07) is 4.77. The number of ether oxygens (including phenoxy) is 1. The van der Waals surface area contributed by atoms with Crippen LogP contribution < -0.4 is 39.6 Å². The Kier molecular flexibility index (Phi) is 18.2. The van der Waals surface area contributed by atoms with Gasteiger partial charge in [-0.15, -0.1) is 6.26 Å². The van der Waals surface area contributed by atoms with Gasteiger partial charge in [-0.1, -0.05) is 97.3 Å². The number of rotatable bonds is 18. The number of hydrogen-bond acceptors (Lipinski definition) is 5. The standard InChI is InChI=1S/C29H45NO5S.Na/c1-3-5-7-9-10-11-12-13-14-16-20-30-25-19-18-24(29(33)35-21-17-15-8-6-4-2)22-26(25)36(34)27(23-31)28(30)32;/h18-19,22-23,31H,3-17,20-21H2,1-2H3;/q;+1/p-1/b27-23+;. The fraction of sp³-hybridized carbons (Fsp3) is 0.655. The monoisotopic (exact) mass is 541 g/mol. The molecule has 0 fully saturated rings. The van der Waals surface area contributed by atoms with Gasteiger partial charge in [0.1, 0.15) is 0 Å². The van der Waals surface area contributed by atoms with E-state index in [1.165, 1.54) is 62.3 Å². The zero-order chi connectivity index (χ0) is 26.2. The van der Waals surface area contributed by atoms with Crippen LogP contribution in [0.25, 0.3) is 0 Å². The van der Waals surface area contributed by atoms with Crippen LogP contribution in [-0.4, -0.2) is 29.2 Å². The molecule has 0 saturated carbocycles. The van der Waals surface area contributed by atoms with Crippen molar-refractivity contribution in [2.45, 2.75) is 115 Å². The first kappa shape index (κ1) is 33.9. The smallest absolute Gasteiger partial charge is 0.877 e. The molecule has 2 rings (SSSR count). The van der Waals surface area contributed by atoms with E-state index in [-0.39, 0.29) is 40.0 Å². The normalized spacial score (nSPS) is 15.9.